The van der Waals surface area contributed by atoms with Crippen LogP contribution in [0.4, 0.5) is 0 Å². The van der Waals surface area contributed by atoms with Gasteiger partial charge in [0.1, 0.15) is 17.7 Å². The van der Waals surface area contributed by atoms with Gasteiger partial charge in [-0.2, -0.15) is 0 Å². The molecule has 3 N–H and O–H groups in total. The number of fused-ring (bicyclic) bond motifs is 1. The lowest BCUT2D eigenvalue weighted by molar-refractivity contribution is -0.140. The maximum atomic E-state index is 13.0. The van der Waals surface area contributed by atoms with E-state index in [0.717, 1.165) is 10.9 Å². The summed E-state index contributed by atoms with van der Waals surface area (Å²) in [7, 11) is 0. The Morgan fingerprint density at radius 1 is 0.892 bits per heavy atom. The lowest BCUT2D eigenvalue weighted by atomic mass is 10.0. The number of carbonyl (C=O) groups excluding carboxylic acids is 4. The van der Waals surface area contributed by atoms with Gasteiger partial charge in [-0.05, 0) is 36.8 Å². The molecule has 0 bridgehead atoms. The van der Waals surface area contributed by atoms with Crippen LogP contribution >= 0.6 is 0 Å². The Kier molecular flexibility index (Phi) is 8.05. The first kappa shape index (κ1) is 25.3. The number of nitrogens with zero attached hydrogens (tertiary/aromatic N) is 1. The second-order valence-corrected chi connectivity index (χ2v) is 8.46. The van der Waals surface area contributed by atoms with Crippen LogP contribution in [-0.2, 0) is 27.3 Å². The average Bonchev–Trinajstić information content (AvgIpc) is 3.37. The normalized spacial score (nSPS) is 12.4. The van der Waals surface area contributed by atoms with Gasteiger partial charge in [-0.1, -0.05) is 54.6 Å². The van der Waals surface area contributed by atoms with E-state index in [0.29, 0.717) is 11.3 Å². The van der Waals surface area contributed by atoms with Crippen molar-refractivity contribution in [2.75, 3.05) is 0 Å². The van der Waals surface area contributed by atoms with Gasteiger partial charge in [-0.3, -0.25) is 24.2 Å². The molecule has 2 heterocycles. The number of nitrogens with one attached hydrogen (secondary N) is 3. The Balaban J connectivity index is 1.42. The number of hydrogen-bond acceptors (Lipinski definition) is 6. The van der Waals surface area contributed by atoms with Gasteiger partial charge in [0.25, 0.3) is 11.8 Å². The molecule has 4 rings (SSSR count). The highest BCUT2D eigenvalue weighted by Gasteiger charge is 2.29. The Bertz CT molecular complexity index is 1370. The van der Waals surface area contributed by atoms with E-state index in [4.69, 9.17) is 4.42 Å². The fourth-order valence-electron chi connectivity index (χ4n) is 3.70. The molecule has 2 aromatic heterocycles. The molecule has 2 aromatic carbocycles. The summed E-state index contributed by atoms with van der Waals surface area (Å²) in [4.78, 5) is 55.3. The van der Waals surface area contributed by atoms with Crippen molar-refractivity contribution in [1.29, 1.82) is 0 Å². The largest absolute Gasteiger partial charge is 0.451 e. The van der Waals surface area contributed by atoms with Crippen molar-refractivity contribution in [3.63, 3.8) is 0 Å². The molecule has 4 aromatic rings. The third kappa shape index (κ3) is 6.66. The van der Waals surface area contributed by atoms with E-state index < -0.39 is 35.6 Å². The van der Waals surface area contributed by atoms with Crippen LogP contribution < -0.4 is 16.0 Å². The molecule has 0 radical (unpaired) electrons. The van der Waals surface area contributed by atoms with Crippen molar-refractivity contribution in [1.82, 2.24) is 20.9 Å². The summed E-state index contributed by atoms with van der Waals surface area (Å²) in [5.74, 6) is -2.77. The summed E-state index contributed by atoms with van der Waals surface area (Å²) in [5.41, 5.74) is 1.90. The molecule has 0 aliphatic rings. The average molecular weight is 499 g/mol. The van der Waals surface area contributed by atoms with Crippen molar-refractivity contribution in [2.45, 2.75) is 32.0 Å². The minimum absolute atomic E-state index is 0.0617. The second kappa shape index (κ2) is 11.8. The predicted molar refractivity (Wildman–Crippen MR) is 136 cm³/mol. The molecule has 37 heavy (non-hydrogen) atoms. The Hall–Kier alpha value is -4.79. The third-order valence-corrected chi connectivity index (χ3v) is 5.69. The molecule has 2 atom stereocenters. The van der Waals surface area contributed by atoms with Gasteiger partial charge in [0, 0.05) is 18.0 Å². The van der Waals surface area contributed by atoms with Crippen LogP contribution in [0.3, 0.4) is 0 Å². The van der Waals surface area contributed by atoms with E-state index in [9.17, 15) is 19.2 Å². The lowest BCUT2D eigenvalue weighted by Crippen LogP contribution is -2.53. The van der Waals surface area contributed by atoms with Crippen molar-refractivity contribution < 1.29 is 23.6 Å². The van der Waals surface area contributed by atoms with E-state index in [1.54, 1.807) is 66.9 Å². The highest BCUT2D eigenvalue weighted by atomic mass is 16.3. The summed E-state index contributed by atoms with van der Waals surface area (Å²) < 4.78 is 5.55. The first-order valence-corrected chi connectivity index (χ1v) is 11.8. The summed E-state index contributed by atoms with van der Waals surface area (Å²) in [6, 6.07) is 20.9. The third-order valence-electron chi connectivity index (χ3n) is 5.69. The standard InChI is InChI=1S/C28H26N4O5/c1-18(31-27(35)24-16-20-11-5-6-13-23(20)37-24)26(34)32-22(15-19-9-3-2-4-10-19)25(33)28(36)30-17-21-12-7-8-14-29-21/h2-14,16,18,22H,15,17H2,1H3,(H,30,36)(H,31,35)(H,32,34)/t18-,22-/m1/s1. The molecule has 0 saturated heterocycles. The summed E-state index contributed by atoms with van der Waals surface area (Å²) >= 11 is 0. The SMILES string of the molecule is C[C@@H](NC(=O)c1cc2ccccc2o1)C(=O)N[C@H](Cc1ccccc1)C(=O)C(=O)NCc1ccccn1. The zero-order chi connectivity index (χ0) is 26.2. The van der Waals surface area contributed by atoms with E-state index in [-0.39, 0.29) is 18.7 Å². The molecular formula is C28H26N4O5. The fraction of sp³-hybridized carbons (Fsp3) is 0.179. The molecule has 0 spiro atoms. The highest BCUT2D eigenvalue weighted by Crippen LogP contribution is 2.18. The molecule has 0 aliphatic carbocycles. The van der Waals surface area contributed by atoms with Crippen LogP contribution in [0.2, 0.25) is 0 Å². The van der Waals surface area contributed by atoms with Gasteiger partial charge in [0.2, 0.25) is 11.7 Å². The number of furan rings is 1. The zero-order valence-corrected chi connectivity index (χ0v) is 20.1. The summed E-state index contributed by atoms with van der Waals surface area (Å²) in [6.45, 7) is 1.56. The van der Waals surface area contributed by atoms with E-state index >= 15 is 0 Å². The number of amides is 3. The molecule has 0 aliphatic heterocycles. The van der Waals surface area contributed by atoms with Gasteiger partial charge in [0.15, 0.2) is 5.76 Å². The number of para-hydroxylation sites is 1. The number of aromatic nitrogens is 1. The number of carbonyl (C=O) groups is 4. The maximum Gasteiger partial charge on any atom is 0.289 e. The van der Waals surface area contributed by atoms with Gasteiger partial charge in [0.05, 0.1) is 12.2 Å². The van der Waals surface area contributed by atoms with Gasteiger partial charge in [-0.25, -0.2) is 0 Å². The van der Waals surface area contributed by atoms with Crippen molar-refractivity contribution in [2.24, 2.45) is 0 Å². The first-order valence-electron chi connectivity index (χ1n) is 11.8. The van der Waals surface area contributed by atoms with Crippen LogP contribution in [-0.4, -0.2) is 40.6 Å². The van der Waals surface area contributed by atoms with Gasteiger partial charge >= 0.3 is 0 Å². The van der Waals surface area contributed by atoms with Crippen molar-refractivity contribution in [3.05, 3.63) is 102 Å². The number of rotatable bonds is 10. The van der Waals surface area contributed by atoms with E-state index in [2.05, 4.69) is 20.9 Å². The molecular weight excluding hydrogens is 472 g/mol. The van der Waals surface area contributed by atoms with Crippen LogP contribution in [0.1, 0.15) is 28.7 Å². The molecule has 9 heteroatoms. The smallest absolute Gasteiger partial charge is 0.289 e. The Morgan fingerprint density at radius 2 is 1.62 bits per heavy atom. The summed E-state index contributed by atoms with van der Waals surface area (Å²) in [6.07, 6.45) is 1.69. The highest BCUT2D eigenvalue weighted by molar-refractivity contribution is 6.38. The van der Waals surface area contributed by atoms with E-state index in [1.807, 2.05) is 18.2 Å². The topological polar surface area (TPSA) is 130 Å². The number of Topliss-reactive ketones (excluding diaryl/α,β-unsaturated/α-hetero) is 1. The molecule has 0 saturated carbocycles. The minimum Gasteiger partial charge on any atom is -0.451 e. The van der Waals surface area contributed by atoms with Crippen molar-refractivity contribution in [3.8, 4) is 0 Å². The zero-order valence-electron chi connectivity index (χ0n) is 20.1. The number of hydrogen-bond donors (Lipinski definition) is 3. The number of benzene rings is 2. The monoisotopic (exact) mass is 498 g/mol. The molecule has 0 fully saturated rings. The van der Waals surface area contributed by atoms with Gasteiger partial charge in [-0.15, -0.1) is 0 Å². The maximum absolute atomic E-state index is 13.0. The molecule has 9 nitrogen and oxygen atoms in total. The fourth-order valence-corrected chi connectivity index (χ4v) is 3.70. The molecule has 188 valence electrons. The van der Waals surface area contributed by atoms with Crippen LogP contribution in [0.25, 0.3) is 11.0 Å². The van der Waals surface area contributed by atoms with Crippen LogP contribution in [0, 0.1) is 0 Å². The lowest BCUT2D eigenvalue weighted by Gasteiger charge is -2.20. The molecule has 0 unspecified atom stereocenters. The number of ketones is 1. The number of pyridine rings is 1. The first-order chi connectivity index (χ1) is 17.9. The second-order valence-electron chi connectivity index (χ2n) is 8.46. The Morgan fingerprint density at radius 3 is 2.35 bits per heavy atom. The predicted octanol–water partition coefficient (Wildman–Crippen LogP) is 2.56. The van der Waals surface area contributed by atoms with Crippen molar-refractivity contribution >= 4 is 34.5 Å². The Labute approximate surface area is 213 Å². The minimum atomic E-state index is -1.14. The van der Waals surface area contributed by atoms with E-state index in [1.165, 1.54) is 6.92 Å². The van der Waals surface area contributed by atoms with Crippen LogP contribution in [0.15, 0.2) is 89.5 Å². The quantitative estimate of drug-likeness (QED) is 0.288. The van der Waals surface area contributed by atoms with Gasteiger partial charge < -0.3 is 20.4 Å². The molecule has 3 amide bonds. The summed E-state index contributed by atoms with van der Waals surface area (Å²) in [5, 5.41) is 8.50. The van der Waals surface area contributed by atoms with Crippen LogP contribution in [0.5, 0.6) is 0 Å².